The molecule has 2 aliphatic carbocycles. The summed E-state index contributed by atoms with van der Waals surface area (Å²) in [5, 5.41) is 6.80. The number of nitrogens with one attached hydrogen (secondary N) is 2. The van der Waals surface area contributed by atoms with Gasteiger partial charge in [0.1, 0.15) is 5.82 Å². The van der Waals surface area contributed by atoms with Gasteiger partial charge in [0, 0.05) is 24.4 Å². The largest absolute Gasteiger partial charge is 0.379 e. The Hall–Kier alpha value is -1.89. The number of hydrogen-bond donors (Lipinski definition) is 3. The van der Waals surface area contributed by atoms with E-state index in [1.165, 1.54) is 12.6 Å². The number of rotatable bonds is 7. The van der Waals surface area contributed by atoms with E-state index in [0.29, 0.717) is 29.5 Å². The van der Waals surface area contributed by atoms with Crippen molar-refractivity contribution in [2.75, 3.05) is 17.2 Å². The minimum atomic E-state index is -0.505. The summed E-state index contributed by atoms with van der Waals surface area (Å²) in [6, 6.07) is 0.336. The number of primary amides is 1. The molecule has 3 rings (SSSR count). The number of carbonyl (C=O) groups excluding carboxylic acids is 1. The van der Waals surface area contributed by atoms with Crippen LogP contribution in [0.25, 0.3) is 0 Å². The molecule has 0 aromatic carbocycles. The summed E-state index contributed by atoms with van der Waals surface area (Å²) in [5.74, 6) is 0.583. The van der Waals surface area contributed by atoms with E-state index in [9.17, 15) is 4.79 Å². The Morgan fingerprint density at radius 3 is 2.64 bits per heavy atom. The Morgan fingerprint density at radius 2 is 2.08 bits per heavy atom. The predicted molar refractivity (Wildman–Crippen MR) is 97.7 cm³/mol. The molecule has 0 saturated heterocycles. The average molecular weight is 347 g/mol. The lowest BCUT2D eigenvalue weighted by Gasteiger charge is -2.40. The van der Waals surface area contributed by atoms with Gasteiger partial charge < -0.3 is 21.1 Å². The molecule has 0 atom stereocenters. The minimum Gasteiger partial charge on any atom is -0.379 e. The summed E-state index contributed by atoms with van der Waals surface area (Å²) in [6.45, 7) is 4.95. The topological polar surface area (TPSA) is 102 Å². The average Bonchev–Trinajstić information content (AvgIpc) is 2.55. The monoisotopic (exact) mass is 347 g/mol. The van der Waals surface area contributed by atoms with Crippen molar-refractivity contribution < 1.29 is 9.53 Å². The maximum Gasteiger partial charge on any atom is 0.254 e. The van der Waals surface area contributed by atoms with E-state index in [-0.39, 0.29) is 5.54 Å². The number of ether oxygens (including phenoxy) is 1. The fourth-order valence-corrected chi connectivity index (χ4v) is 3.64. The van der Waals surface area contributed by atoms with Gasteiger partial charge in [-0.2, -0.15) is 4.98 Å². The third-order valence-corrected chi connectivity index (χ3v) is 5.34. The standard InChI is InChI=1S/C18H29N5O2/c1-3-25-13-7-5-12(6-8-13)21-17-20-11-14(15(19)24)16(22-17)23-18(2)9-4-10-18/h11-13H,3-10H2,1-2H3,(H2,19,24)(H2,20,21,22,23). The molecule has 2 fully saturated rings. The van der Waals surface area contributed by atoms with E-state index in [0.717, 1.165) is 45.1 Å². The quantitative estimate of drug-likeness (QED) is 0.701. The molecule has 0 aliphatic heterocycles. The molecular weight excluding hydrogens is 318 g/mol. The Kier molecular flexibility index (Phi) is 5.42. The number of aromatic nitrogens is 2. The lowest BCUT2D eigenvalue weighted by Crippen LogP contribution is -2.42. The zero-order valence-electron chi connectivity index (χ0n) is 15.2. The van der Waals surface area contributed by atoms with Gasteiger partial charge in [0.15, 0.2) is 0 Å². The van der Waals surface area contributed by atoms with Gasteiger partial charge in [-0.3, -0.25) is 4.79 Å². The summed E-state index contributed by atoms with van der Waals surface area (Å²) in [4.78, 5) is 20.5. The molecule has 7 heteroatoms. The molecule has 4 N–H and O–H groups in total. The van der Waals surface area contributed by atoms with Gasteiger partial charge in [-0.15, -0.1) is 0 Å². The Morgan fingerprint density at radius 1 is 1.36 bits per heavy atom. The van der Waals surface area contributed by atoms with Crippen LogP contribution < -0.4 is 16.4 Å². The van der Waals surface area contributed by atoms with E-state index >= 15 is 0 Å². The highest BCUT2D eigenvalue weighted by Crippen LogP contribution is 2.35. The molecule has 1 amide bonds. The molecule has 2 aliphatic rings. The van der Waals surface area contributed by atoms with Crippen LogP contribution in [0.5, 0.6) is 0 Å². The smallest absolute Gasteiger partial charge is 0.254 e. The maximum atomic E-state index is 11.7. The van der Waals surface area contributed by atoms with Gasteiger partial charge in [-0.05, 0) is 58.8 Å². The molecule has 0 spiro atoms. The fraction of sp³-hybridized carbons (Fsp3) is 0.722. The lowest BCUT2D eigenvalue weighted by atomic mass is 9.78. The van der Waals surface area contributed by atoms with Crippen molar-refractivity contribution in [3.63, 3.8) is 0 Å². The van der Waals surface area contributed by atoms with Crippen molar-refractivity contribution in [2.45, 2.75) is 76.5 Å². The first-order chi connectivity index (χ1) is 12.0. The second-order valence-electron chi connectivity index (χ2n) is 7.43. The molecule has 0 radical (unpaired) electrons. The number of nitrogens with two attached hydrogens (primary N) is 1. The normalized spacial score (nSPS) is 25.0. The van der Waals surface area contributed by atoms with Crippen LogP contribution in [0.2, 0.25) is 0 Å². The molecule has 0 bridgehead atoms. The summed E-state index contributed by atoms with van der Waals surface area (Å²) in [5.41, 5.74) is 5.82. The Balaban J connectivity index is 1.67. The van der Waals surface area contributed by atoms with Crippen LogP contribution in [0.3, 0.4) is 0 Å². The van der Waals surface area contributed by atoms with E-state index in [2.05, 4.69) is 27.5 Å². The zero-order valence-corrected chi connectivity index (χ0v) is 15.2. The van der Waals surface area contributed by atoms with E-state index < -0.39 is 5.91 Å². The summed E-state index contributed by atoms with van der Waals surface area (Å²) in [7, 11) is 0. The van der Waals surface area contributed by atoms with Crippen molar-refractivity contribution in [2.24, 2.45) is 5.73 Å². The van der Waals surface area contributed by atoms with Gasteiger partial charge in [-0.25, -0.2) is 4.98 Å². The van der Waals surface area contributed by atoms with Gasteiger partial charge in [0.05, 0.1) is 11.7 Å². The molecule has 138 valence electrons. The molecule has 1 aromatic heterocycles. The number of nitrogens with zero attached hydrogens (tertiary/aromatic N) is 2. The molecule has 0 unspecified atom stereocenters. The summed E-state index contributed by atoms with van der Waals surface area (Å²) in [6.07, 6.45) is 9.39. The Bertz CT molecular complexity index is 609. The highest BCUT2D eigenvalue weighted by Gasteiger charge is 2.33. The van der Waals surface area contributed by atoms with Crippen LogP contribution >= 0.6 is 0 Å². The van der Waals surface area contributed by atoms with Crippen LogP contribution in [-0.4, -0.2) is 40.2 Å². The molecule has 25 heavy (non-hydrogen) atoms. The first-order valence-electron chi connectivity index (χ1n) is 9.32. The number of amides is 1. The third-order valence-electron chi connectivity index (χ3n) is 5.34. The summed E-state index contributed by atoms with van der Waals surface area (Å²) >= 11 is 0. The second-order valence-corrected chi connectivity index (χ2v) is 7.43. The molecule has 2 saturated carbocycles. The van der Waals surface area contributed by atoms with Gasteiger partial charge in [-0.1, -0.05) is 0 Å². The minimum absolute atomic E-state index is 0.00856. The zero-order chi connectivity index (χ0) is 17.9. The third kappa shape index (κ3) is 4.39. The maximum absolute atomic E-state index is 11.7. The number of anilines is 2. The highest BCUT2D eigenvalue weighted by atomic mass is 16.5. The van der Waals surface area contributed by atoms with E-state index in [1.807, 2.05) is 6.92 Å². The van der Waals surface area contributed by atoms with Crippen LogP contribution in [-0.2, 0) is 4.74 Å². The molecule has 1 aromatic rings. The second kappa shape index (κ2) is 7.56. The lowest BCUT2D eigenvalue weighted by molar-refractivity contribution is 0.0346. The van der Waals surface area contributed by atoms with Crippen LogP contribution in [0.15, 0.2) is 6.20 Å². The van der Waals surface area contributed by atoms with Crippen molar-refractivity contribution in [1.82, 2.24) is 9.97 Å². The molecular formula is C18H29N5O2. The van der Waals surface area contributed by atoms with Gasteiger partial charge >= 0.3 is 0 Å². The first-order valence-corrected chi connectivity index (χ1v) is 9.32. The van der Waals surface area contributed by atoms with E-state index in [1.54, 1.807) is 0 Å². The van der Waals surface area contributed by atoms with Crippen molar-refractivity contribution >= 4 is 17.7 Å². The Labute approximate surface area is 149 Å². The summed E-state index contributed by atoms with van der Waals surface area (Å²) < 4.78 is 5.70. The van der Waals surface area contributed by atoms with Crippen molar-refractivity contribution in [3.05, 3.63) is 11.8 Å². The molecule has 7 nitrogen and oxygen atoms in total. The van der Waals surface area contributed by atoms with Crippen LogP contribution in [0.4, 0.5) is 11.8 Å². The van der Waals surface area contributed by atoms with Crippen LogP contribution in [0, 0.1) is 0 Å². The SMILES string of the molecule is CCOC1CCC(Nc2ncc(C(N)=O)c(NC3(C)CCC3)n2)CC1. The van der Waals surface area contributed by atoms with Crippen molar-refractivity contribution in [3.8, 4) is 0 Å². The number of hydrogen-bond acceptors (Lipinski definition) is 6. The van der Waals surface area contributed by atoms with Crippen LogP contribution in [0.1, 0.15) is 69.2 Å². The highest BCUT2D eigenvalue weighted by molar-refractivity contribution is 5.97. The van der Waals surface area contributed by atoms with E-state index in [4.69, 9.17) is 10.5 Å². The van der Waals surface area contributed by atoms with Gasteiger partial charge in [0.2, 0.25) is 5.95 Å². The van der Waals surface area contributed by atoms with Crippen molar-refractivity contribution in [1.29, 1.82) is 0 Å². The fourth-order valence-electron chi connectivity index (χ4n) is 3.64. The molecule has 1 heterocycles. The predicted octanol–water partition coefficient (Wildman–Crippen LogP) is 2.69. The first kappa shape index (κ1) is 17.9. The van der Waals surface area contributed by atoms with Gasteiger partial charge in [0.25, 0.3) is 5.91 Å². The number of carbonyl (C=O) groups is 1.